The lowest BCUT2D eigenvalue weighted by Crippen LogP contribution is -2.35. The standard InChI is InChI=1S/C13H20N4O2S/c1-13(2,3)11-10(20-16-15-11)12(18)17(7-5-6-14)8-9-19-4/h5,7-9H2,1-4H3. The fourth-order valence-electron chi connectivity index (χ4n) is 1.67. The highest BCUT2D eigenvalue weighted by atomic mass is 32.1. The molecule has 0 aromatic carbocycles. The number of nitriles is 1. The van der Waals surface area contributed by atoms with Gasteiger partial charge in [-0.25, -0.2) is 0 Å². The second-order valence-corrected chi connectivity index (χ2v) is 6.15. The molecule has 0 saturated carbocycles. The summed E-state index contributed by atoms with van der Waals surface area (Å²) in [7, 11) is 1.59. The molecule has 0 aliphatic carbocycles. The van der Waals surface area contributed by atoms with Crippen LogP contribution in [0.25, 0.3) is 0 Å². The zero-order valence-electron chi connectivity index (χ0n) is 12.3. The number of amides is 1. The van der Waals surface area contributed by atoms with Crippen LogP contribution >= 0.6 is 11.5 Å². The van der Waals surface area contributed by atoms with Crippen LogP contribution in [0.5, 0.6) is 0 Å². The first-order chi connectivity index (χ1) is 9.41. The van der Waals surface area contributed by atoms with Gasteiger partial charge in [0.15, 0.2) is 0 Å². The summed E-state index contributed by atoms with van der Waals surface area (Å²) >= 11 is 1.10. The Morgan fingerprint density at radius 3 is 2.70 bits per heavy atom. The van der Waals surface area contributed by atoms with Gasteiger partial charge in [0.25, 0.3) is 5.91 Å². The van der Waals surface area contributed by atoms with E-state index in [2.05, 4.69) is 15.7 Å². The number of methoxy groups -OCH3 is 1. The number of hydrogen-bond acceptors (Lipinski definition) is 6. The molecule has 0 radical (unpaired) electrons. The van der Waals surface area contributed by atoms with Crippen molar-refractivity contribution in [1.82, 2.24) is 14.5 Å². The third kappa shape index (κ3) is 4.25. The molecule has 0 aliphatic rings. The van der Waals surface area contributed by atoms with Crippen molar-refractivity contribution < 1.29 is 9.53 Å². The van der Waals surface area contributed by atoms with Gasteiger partial charge in [-0.3, -0.25) is 4.79 Å². The SMILES string of the molecule is COCCN(CCC#N)C(=O)c1snnc1C(C)(C)C. The van der Waals surface area contributed by atoms with Crippen LogP contribution in [0.1, 0.15) is 42.6 Å². The number of nitrogens with zero attached hydrogens (tertiary/aromatic N) is 4. The summed E-state index contributed by atoms with van der Waals surface area (Å²) in [5.74, 6) is -0.128. The van der Waals surface area contributed by atoms with E-state index in [1.165, 1.54) is 0 Å². The van der Waals surface area contributed by atoms with Crippen LogP contribution in [0.3, 0.4) is 0 Å². The molecule has 110 valence electrons. The first-order valence-electron chi connectivity index (χ1n) is 6.39. The summed E-state index contributed by atoms with van der Waals surface area (Å²) in [5.41, 5.74) is 0.465. The van der Waals surface area contributed by atoms with Gasteiger partial charge in [0.2, 0.25) is 0 Å². The molecule has 7 heteroatoms. The number of hydrogen-bond donors (Lipinski definition) is 0. The van der Waals surface area contributed by atoms with Gasteiger partial charge in [0.05, 0.1) is 24.8 Å². The molecular weight excluding hydrogens is 276 g/mol. The lowest BCUT2D eigenvalue weighted by atomic mass is 9.91. The molecule has 6 nitrogen and oxygen atoms in total. The molecule has 1 heterocycles. The average molecular weight is 296 g/mol. The number of carbonyl (C=O) groups is 1. The number of aromatic nitrogens is 2. The van der Waals surface area contributed by atoms with Crippen molar-refractivity contribution in [2.75, 3.05) is 26.8 Å². The van der Waals surface area contributed by atoms with Crippen LogP contribution in [0.15, 0.2) is 0 Å². The molecule has 1 amide bonds. The Bertz CT molecular complexity index is 487. The molecule has 0 spiro atoms. The summed E-state index contributed by atoms with van der Waals surface area (Å²) in [6.07, 6.45) is 0.298. The lowest BCUT2D eigenvalue weighted by Gasteiger charge is -2.22. The summed E-state index contributed by atoms with van der Waals surface area (Å²) in [6, 6.07) is 2.06. The first-order valence-corrected chi connectivity index (χ1v) is 7.17. The smallest absolute Gasteiger partial charge is 0.267 e. The quantitative estimate of drug-likeness (QED) is 0.800. The molecule has 1 aromatic heterocycles. The predicted molar refractivity (Wildman–Crippen MR) is 76.6 cm³/mol. The van der Waals surface area contributed by atoms with Crippen LogP contribution in [-0.4, -0.2) is 47.2 Å². The second-order valence-electron chi connectivity index (χ2n) is 5.39. The molecular formula is C13H20N4O2S. The summed E-state index contributed by atoms with van der Waals surface area (Å²) in [5, 5.41) is 12.8. The summed E-state index contributed by atoms with van der Waals surface area (Å²) < 4.78 is 8.91. The Balaban J connectivity index is 2.94. The maximum Gasteiger partial charge on any atom is 0.267 e. The van der Waals surface area contributed by atoms with Crippen molar-refractivity contribution in [3.8, 4) is 6.07 Å². The second kappa shape index (κ2) is 7.31. The van der Waals surface area contributed by atoms with Crippen LogP contribution in [0.4, 0.5) is 0 Å². The van der Waals surface area contributed by atoms with Crippen molar-refractivity contribution in [1.29, 1.82) is 5.26 Å². The molecule has 0 saturated heterocycles. The van der Waals surface area contributed by atoms with Crippen molar-refractivity contribution >= 4 is 17.4 Å². The topological polar surface area (TPSA) is 79.1 Å². The highest BCUT2D eigenvalue weighted by Gasteiger charge is 2.28. The lowest BCUT2D eigenvalue weighted by molar-refractivity contribution is 0.0702. The number of carbonyl (C=O) groups excluding carboxylic acids is 1. The van der Waals surface area contributed by atoms with E-state index in [1.807, 2.05) is 20.8 Å². The Hall–Kier alpha value is -1.52. The van der Waals surface area contributed by atoms with E-state index in [0.29, 0.717) is 36.7 Å². The zero-order valence-corrected chi connectivity index (χ0v) is 13.2. The van der Waals surface area contributed by atoms with Crippen LogP contribution in [0.2, 0.25) is 0 Å². The third-order valence-corrected chi connectivity index (χ3v) is 3.45. The van der Waals surface area contributed by atoms with Gasteiger partial charge in [-0.15, -0.1) is 5.10 Å². The third-order valence-electron chi connectivity index (χ3n) is 2.74. The minimum Gasteiger partial charge on any atom is -0.383 e. The molecule has 0 aliphatic heterocycles. The van der Waals surface area contributed by atoms with Crippen molar-refractivity contribution in [3.05, 3.63) is 10.6 Å². The molecule has 0 fully saturated rings. The van der Waals surface area contributed by atoms with E-state index < -0.39 is 0 Å². The van der Waals surface area contributed by atoms with E-state index in [9.17, 15) is 4.79 Å². The summed E-state index contributed by atoms with van der Waals surface area (Å²) in [4.78, 5) is 14.7. The Morgan fingerprint density at radius 1 is 1.45 bits per heavy atom. The highest BCUT2D eigenvalue weighted by Crippen LogP contribution is 2.26. The van der Waals surface area contributed by atoms with Gasteiger partial charge in [-0.1, -0.05) is 25.3 Å². The molecule has 0 unspecified atom stereocenters. The highest BCUT2D eigenvalue weighted by molar-refractivity contribution is 7.08. The zero-order chi connectivity index (χ0) is 15.2. The molecule has 1 rings (SSSR count). The fourth-order valence-corrected chi connectivity index (χ4v) is 2.51. The van der Waals surface area contributed by atoms with Crippen LogP contribution in [-0.2, 0) is 10.2 Å². The van der Waals surface area contributed by atoms with E-state index >= 15 is 0 Å². The van der Waals surface area contributed by atoms with E-state index in [1.54, 1.807) is 12.0 Å². The van der Waals surface area contributed by atoms with Crippen molar-refractivity contribution in [2.24, 2.45) is 0 Å². The minimum absolute atomic E-state index is 0.128. The predicted octanol–water partition coefficient (Wildman–Crippen LogP) is 1.84. The molecule has 1 aromatic rings. The van der Waals surface area contributed by atoms with Gasteiger partial charge in [0.1, 0.15) is 4.88 Å². The maximum absolute atomic E-state index is 12.6. The van der Waals surface area contributed by atoms with E-state index in [-0.39, 0.29) is 11.3 Å². The minimum atomic E-state index is -0.236. The van der Waals surface area contributed by atoms with Gasteiger partial charge >= 0.3 is 0 Å². The van der Waals surface area contributed by atoms with Crippen molar-refractivity contribution in [3.63, 3.8) is 0 Å². The fraction of sp³-hybridized carbons (Fsp3) is 0.692. The Kier molecular flexibility index (Phi) is 6.05. The number of rotatable bonds is 6. The van der Waals surface area contributed by atoms with E-state index in [0.717, 1.165) is 11.5 Å². The van der Waals surface area contributed by atoms with Gasteiger partial charge in [0, 0.05) is 25.6 Å². The van der Waals surface area contributed by atoms with Crippen molar-refractivity contribution in [2.45, 2.75) is 32.6 Å². The molecule has 0 atom stereocenters. The monoisotopic (exact) mass is 296 g/mol. The largest absolute Gasteiger partial charge is 0.383 e. The molecule has 0 bridgehead atoms. The van der Waals surface area contributed by atoms with Gasteiger partial charge < -0.3 is 9.64 Å². The van der Waals surface area contributed by atoms with Gasteiger partial charge in [-0.2, -0.15) is 5.26 Å². The van der Waals surface area contributed by atoms with E-state index in [4.69, 9.17) is 10.00 Å². The molecule has 20 heavy (non-hydrogen) atoms. The number of ether oxygens (including phenoxy) is 1. The Morgan fingerprint density at radius 2 is 2.15 bits per heavy atom. The summed E-state index contributed by atoms with van der Waals surface area (Å²) in [6.45, 7) is 7.27. The Labute approximate surface area is 123 Å². The average Bonchev–Trinajstić information content (AvgIpc) is 2.87. The van der Waals surface area contributed by atoms with Crippen LogP contribution < -0.4 is 0 Å². The van der Waals surface area contributed by atoms with Crippen LogP contribution in [0, 0.1) is 11.3 Å². The molecule has 0 N–H and O–H groups in total. The van der Waals surface area contributed by atoms with Gasteiger partial charge in [-0.05, 0) is 11.5 Å². The maximum atomic E-state index is 12.6. The normalized spacial score (nSPS) is 11.2. The first kappa shape index (κ1) is 16.5.